The molecule has 1 aromatic rings. The maximum atomic E-state index is 3.81. The van der Waals surface area contributed by atoms with Crippen LogP contribution in [0.3, 0.4) is 0 Å². The number of likely N-dealkylation sites (N-methyl/N-ethyl adjacent to an activating group) is 1. The van der Waals surface area contributed by atoms with Crippen molar-refractivity contribution in [3.05, 3.63) is 30.3 Å². The number of hydrogen-bond donors (Lipinski definition) is 1. The summed E-state index contributed by atoms with van der Waals surface area (Å²) in [5.74, 6) is 0. The van der Waals surface area contributed by atoms with Gasteiger partial charge in [-0.05, 0) is 12.1 Å². The van der Waals surface area contributed by atoms with E-state index in [2.05, 4.69) is 41.9 Å². The van der Waals surface area contributed by atoms with E-state index in [0.717, 1.165) is 13.1 Å². The summed E-state index contributed by atoms with van der Waals surface area (Å²) in [6.07, 6.45) is 0. The minimum Gasteiger partial charge on any atom is -0.369 e. The summed E-state index contributed by atoms with van der Waals surface area (Å²) in [6, 6.07) is 10.3. The first-order chi connectivity index (χ1) is 5.34. The summed E-state index contributed by atoms with van der Waals surface area (Å²) in [4.78, 5) is 2.20. The normalized spacial score (nSPS) is 9.64. The molecule has 1 rings (SSSR count). The fourth-order valence-corrected chi connectivity index (χ4v) is 1.05. The van der Waals surface area contributed by atoms with Gasteiger partial charge in [0.15, 0.2) is 0 Å². The zero-order valence-electron chi connectivity index (χ0n) is 6.96. The minimum absolute atomic E-state index is 0.950. The van der Waals surface area contributed by atoms with Crippen LogP contribution in [0, 0.1) is 0 Å². The maximum Gasteiger partial charge on any atom is 0.0917 e. The Morgan fingerprint density at radius 2 is 1.91 bits per heavy atom. The van der Waals surface area contributed by atoms with Crippen molar-refractivity contribution in [3.8, 4) is 0 Å². The topological polar surface area (TPSA) is 30.9 Å². The number of para-hydroxylation sites is 1. The zero-order chi connectivity index (χ0) is 8.10. The molecule has 0 amide bonds. The monoisotopic (exact) mass is 151 g/mol. The Morgan fingerprint density at radius 3 is 2.45 bits per heavy atom. The van der Waals surface area contributed by atoms with Crippen molar-refractivity contribution in [1.82, 2.24) is 0 Å². The third kappa shape index (κ3) is 2.24. The molecule has 0 aliphatic carbocycles. The SMILES string of the molecule is CN(CC[NH3+])c1ccccc1. The van der Waals surface area contributed by atoms with Gasteiger partial charge in [-0.15, -0.1) is 0 Å². The molecule has 0 atom stereocenters. The van der Waals surface area contributed by atoms with E-state index < -0.39 is 0 Å². The van der Waals surface area contributed by atoms with Gasteiger partial charge in [-0.25, -0.2) is 0 Å². The lowest BCUT2D eigenvalue weighted by Gasteiger charge is -2.16. The van der Waals surface area contributed by atoms with Crippen LogP contribution in [0.1, 0.15) is 0 Å². The molecular formula is C9H15N2+. The second-order valence-electron chi connectivity index (χ2n) is 2.61. The van der Waals surface area contributed by atoms with Gasteiger partial charge in [0, 0.05) is 12.7 Å². The molecule has 1 aromatic carbocycles. The highest BCUT2D eigenvalue weighted by Crippen LogP contribution is 2.09. The molecule has 0 heterocycles. The van der Waals surface area contributed by atoms with Crippen molar-refractivity contribution in [2.45, 2.75) is 0 Å². The second-order valence-corrected chi connectivity index (χ2v) is 2.61. The Bertz CT molecular complexity index is 196. The number of quaternary nitrogens is 1. The summed E-state index contributed by atoms with van der Waals surface area (Å²) in [7, 11) is 2.08. The number of hydrogen-bond acceptors (Lipinski definition) is 1. The highest BCUT2D eigenvalue weighted by molar-refractivity contribution is 5.44. The fraction of sp³-hybridized carbons (Fsp3) is 0.333. The first-order valence-corrected chi connectivity index (χ1v) is 3.90. The van der Waals surface area contributed by atoms with Crippen molar-refractivity contribution in [2.75, 3.05) is 25.0 Å². The van der Waals surface area contributed by atoms with Gasteiger partial charge in [0.2, 0.25) is 0 Å². The third-order valence-corrected chi connectivity index (χ3v) is 1.69. The fourth-order valence-electron chi connectivity index (χ4n) is 1.05. The summed E-state index contributed by atoms with van der Waals surface area (Å²) in [6.45, 7) is 1.97. The van der Waals surface area contributed by atoms with Gasteiger partial charge in [-0.3, -0.25) is 0 Å². The van der Waals surface area contributed by atoms with E-state index in [1.54, 1.807) is 0 Å². The molecule has 0 aliphatic rings. The van der Waals surface area contributed by atoms with Crippen LogP contribution in [0.5, 0.6) is 0 Å². The Kier molecular flexibility index (Phi) is 2.93. The molecule has 11 heavy (non-hydrogen) atoms. The quantitative estimate of drug-likeness (QED) is 0.664. The first-order valence-electron chi connectivity index (χ1n) is 3.90. The molecule has 0 radical (unpaired) electrons. The second kappa shape index (κ2) is 3.98. The maximum absolute atomic E-state index is 3.81. The predicted octanol–water partition coefficient (Wildman–Crippen LogP) is 0.365. The first kappa shape index (κ1) is 8.08. The van der Waals surface area contributed by atoms with Crippen LogP contribution < -0.4 is 10.6 Å². The standard InChI is InChI=1S/C9H14N2/c1-11(8-7-10)9-5-3-2-4-6-9/h2-6H,7-8,10H2,1H3/p+1. The van der Waals surface area contributed by atoms with Gasteiger partial charge in [-0.1, -0.05) is 18.2 Å². The highest BCUT2D eigenvalue weighted by Gasteiger charge is 1.96. The molecule has 0 aromatic heterocycles. The van der Waals surface area contributed by atoms with E-state index in [4.69, 9.17) is 0 Å². The van der Waals surface area contributed by atoms with E-state index in [-0.39, 0.29) is 0 Å². The molecule has 0 saturated heterocycles. The Morgan fingerprint density at radius 1 is 1.27 bits per heavy atom. The molecule has 0 bridgehead atoms. The van der Waals surface area contributed by atoms with Crippen molar-refractivity contribution in [3.63, 3.8) is 0 Å². The van der Waals surface area contributed by atoms with Gasteiger partial charge in [0.1, 0.15) is 0 Å². The van der Waals surface area contributed by atoms with E-state index in [1.807, 2.05) is 6.07 Å². The van der Waals surface area contributed by atoms with Crippen LogP contribution in [-0.4, -0.2) is 20.1 Å². The molecule has 0 fully saturated rings. The summed E-state index contributed by atoms with van der Waals surface area (Å²) in [5.41, 5.74) is 5.07. The molecule has 0 saturated carbocycles. The summed E-state index contributed by atoms with van der Waals surface area (Å²) in [5, 5.41) is 0. The van der Waals surface area contributed by atoms with Crippen LogP contribution in [0.2, 0.25) is 0 Å². The summed E-state index contributed by atoms with van der Waals surface area (Å²) < 4.78 is 0. The van der Waals surface area contributed by atoms with E-state index >= 15 is 0 Å². The van der Waals surface area contributed by atoms with Gasteiger partial charge in [0.05, 0.1) is 13.1 Å². The zero-order valence-corrected chi connectivity index (χ0v) is 6.96. The van der Waals surface area contributed by atoms with E-state index in [9.17, 15) is 0 Å². The highest BCUT2D eigenvalue weighted by atomic mass is 15.1. The third-order valence-electron chi connectivity index (χ3n) is 1.69. The van der Waals surface area contributed by atoms with Crippen LogP contribution in [-0.2, 0) is 0 Å². The molecule has 60 valence electrons. The average Bonchev–Trinajstić information content (AvgIpc) is 2.07. The Hall–Kier alpha value is -1.02. The van der Waals surface area contributed by atoms with Crippen molar-refractivity contribution >= 4 is 5.69 Å². The molecule has 0 spiro atoms. The summed E-state index contributed by atoms with van der Waals surface area (Å²) >= 11 is 0. The van der Waals surface area contributed by atoms with Crippen LogP contribution in [0.4, 0.5) is 5.69 Å². The Balaban J connectivity index is 2.61. The van der Waals surface area contributed by atoms with Gasteiger partial charge < -0.3 is 10.6 Å². The number of anilines is 1. The largest absolute Gasteiger partial charge is 0.369 e. The number of benzene rings is 1. The van der Waals surface area contributed by atoms with E-state index in [0.29, 0.717) is 0 Å². The molecular weight excluding hydrogens is 136 g/mol. The van der Waals surface area contributed by atoms with Gasteiger partial charge >= 0.3 is 0 Å². The number of rotatable bonds is 3. The molecule has 2 nitrogen and oxygen atoms in total. The average molecular weight is 151 g/mol. The van der Waals surface area contributed by atoms with Crippen molar-refractivity contribution < 1.29 is 5.73 Å². The van der Waals surface area contributed by atoms with Crippen LogP contribution in [0.15, 0.2) is 30.3 Å². The number of nitrogens with zero attached hydrogens (tertiary/aromatic N) is 1. The molecule has 3 N–H and O–H groups in total. The van der Waals surface area contributed by atoms with Crippen molar-refractivity contribution in [2.24, 2.45) is 0 Å². The van der Waals surface area contributed by atoms with Gasteiger partial charge in [0.25, 0.3) is 0 Å². The van der Waals surface area contributed by atoms with Crippen LogP contribution >= 0.6 is 0 Å². The van der Waals surface area contributed by atoms with Gasteiger partial charge in [-0.2, -0.15) is 0 Å². The van der Waals surface area contributed by atoms with Crippen LogP contribution in [0.25, 0.3) is 0 Å². The molecule has 0 aliphatic heterocycles. The van der Waals surface area contributed by atoms with E-state index in [1.165, 1.54) is 5.69 Å². The molecule has 0 unspecified atom stereocenters. The predicted molar refractivity (Wildman–Crippen MR) is 47.5 cm³/mol. The van der Waals surface area contributed by atoms with Crippen molar-refractivity contribution in [1.29, 1.82) is 0 Å². The Labute approximate surface area is 67.6 Å². The minimum atomic E-state index is 0.950. The lowest BCUT2D eigenvalue weighted by Crippen LogP contribution is -2.54. The molecule has 2 heteroatoms. The smallest absolute Gasteiger partial charge is 0.0917 e. The lowest BCUT2D eigenvalue weighted by molar-refractivity contribution is -0.363. The lowest BCUT2D eigenvalue weighted by atomic mass is 10.3.